The lowest BCUT2D eigenvalue weighted by Crippen LogP contribution is -2.41. The molecule has 4 heteroatoms. The number of ether oxygens (including phenoxy) is 2. The molecule has 16 heavy (non-hydrogen) atoms. The van der Waals surface area contributed by atoms with Crippen LogP contribution in [-0.2, 0) is 4.79 Å². The molecule has 1 aromatic rings. The van der Waals surface area contributed by atoms with Crippen molar-refractivity contribution in [1.29, 1.82) is 0 Å². The standard InChI is InChI=1S/C12H15NO3/c1-8-3-4-11-12(5-8)16-7-10(6-15-11)13-9(2)14/h3-5,10H,6-7H2,1-2H3,(H,13,14). The van der Waals surface area contributed by atoms with Gasteiger partial charge in [-0.15, -0.1) is 0 Å². The molecule has 4 nitrogen and oxygen atoms in total. The van der Waals surface area contributed by atoms with Crippen molar-refractivity contribution < 1.29 is 14.3 Å². The van der Waals surface area contributed by atoms with E-state index in [1.807, 2.05) is 25.1 Å². The molecule has 2 rings (SSSR count). The fourth-order valence-electron chi connectivity index (χ4n) is 1.65. The van der Waals surface area contributed by atoms with Crippen LogP contribution < -0.4 is 14.8 Å². The molecule has 1 amide bonds. The first-order chi connectivity index (χ1) is 7.65. The summed E-state index contributed by atoms with van der Waals surface area (Å²) in [6.45, 7) is 4.37. The molecule has 0 fully saturated rings. The second-order valence-corrected chi connectivity index (χ2v) is 3.97. The summed E-state index contributed by atoms with van der Waals surface area (Å²) < 4.78 is 11.2. The van der Waals surface area contributed by atoms with Crippen LogP contribution in [0.4, 0.5) is 0 Å². The number of aryl methyl sites for hydroxylation is 1. The highest BCUT2D eigenvalue weighted by Crippen LogP contribution is 2.30. The van der Waals surface area contributed by atoms with Crippen LogP contribution in [0.2, 0.25) is 0 Å². The van der Waals surface area contributed by atoms with Crippen molar-refractivity contribution in [3.8, 4) is 11.5 Å². The number of nitrogens with one attached hydrogen (secondary N) is 1. The Morgan fingerprint density at radius 1 is 1.31 bits per heavy atom. The molecule has 1 aromatic carbocycles. The molecule has 0 aromatic heterocycles. The second-order valence-electron chi connectivity index (χ2n) is 3.97. The maximum Gasteiger partial charge on any atom is 0.217 e. The van der Waals surface area contributed by atoms with Gasteiger partial charge in [-0.3, -0.25) is 4.79 Å². The van der Waals surface area contributed by atoms with E-state index in [-0.39, 0.29) is 11.9 Å². The van der Waals surface area contributed by atoms with Crippen LogP contribution in [-0.4, -0.2) is 25.2 Å². The van der Waals surface area contributed by atoms with Crippen molar-refractivity contribution >= 4 is 5.91 Å². The number of benzene rings is 1. The van der Waals surface area contributed by atoms with Gasteiger partial charge in [0.2, 0.25) is 5.91 Å². The van der Waals surface area contributed by atoms with Crippen molar-refractivity contribution in [3.05, 3.63) is 23.8 Å². The summed E-state index contributed by atoms with van der Waals surface area (Å²) >= 11 is 0. The number of hydrogen-bond donors (Lipinski definition) is 1. The van der Waals surface area contributed by atoms with E-state index in [1.54, 1.807) is 0 Å². The van der Waals surface area contributed by atoms with Crippen LogP contribution in [0, 0.1) is 6.92 Å². The average molecular weight is 221 g/mol. The van der Waals surface area contributed by atoms with E-state index in [0.717, 1.165) is 17.1 Å². The highest BCUT2D eigenvalue weighted by Gasteiger charge is 2.18. The highest BCUT2D eigenvalue weighted by atomic mass is 16.5. The van der Waals surface area contributed by atoms with Gasteiger partial charge in [0.25, 0.3) is 0 Å². The van der Waals surface area contributed by atoms with Gasteiger partial charge in [0, 0.05) is 6.92 Å². The lowest BCUT2D eigenvalue weighted by molar-refractivity contribution is -0.120. The highest BCUT2D eigenvalue weighted by molar-refractivity contribution is 5.73. The van der Waals surface area contributed by atoms with Gasteiger partial charge in [-0.25, -0.2) is 0 Å². The van der Waals surface area contributed by atoms with Crippen molar-refractivity contribution in [1.82, 2.24) is 5.32 Å². The van der Waals surface area contributed by atoms with E-state index in [9.17, 15) is 4.79 Å². The second kappa shape index (κ2) is 4.43. The van der Waals surface area contributed by atoms with E-state index in [1.165, 1.54) is 6.92 Å². The third-order valence-electron chi connectivity index (χ3n) is 2.39. The molecule has 0 saturated heterocycles. The summed E-state index contributed by atoms with van der Waals surface area (Å²) in [6.07, 6.45) is 0. The van der Waals surface area contributed by atoms with Gasteiger partial charge in [-0.1, -0.05) is 6.07 Å². The predicted molar refractivity (Wildman–Crippen MR) is 59.8 cm³/mol. The summed E-state index contributed by atoms with van der Waals surface area (Å²) in [6, 6.07) is 5.71. The SMILES string of the molecule is CC(=O)NC1COc2ccc(C)cc2OC1. The molecule has 0 saturated carbocycles. The molecule has 1 atom stereocenters. The summed E-state index contributed by atoms with van der Waals surface area (Å²) in [5.41, 5.74) is 1.13. The van der Waals surface area contributed by atoms with E-state index >= 15 is 0 Å². The largest absolute Gasteiger partial charge is 0.487 e. The zero-order chi connectivity index (χ0) is 11.5. The van der Waals surface area contributed by atoms with Crippen LogP contribution in [0.1, 0.15) is 12.5 Å². The van der Waals surface area contributed by atoms with Gasteiger partial charge in [-0.05, 0) is 24.6 Å². The number of carbonyl (C=O) groups excluding carboxylic acids is 1. The summed E-state index contributed by atoms with van der Waals surface area (Å²) in [7, 11) is 0. The lowest BCUT2D eigenvalue weighted by atomic mass is 10.2. The van der Waals surface area contributed by atoms with Crippen molar-refractivity contribution in [2.24, 2.45) is 0 Å². The predicted octanol–water partition coefficient (Wildman–Crippen LogP) is 1.27. The molecule has 0 spiro atoms. The minimum Gasteiger partial charge on any atom is -0.487 e. The zero-order valence-electron chi connectivity index (χ0n) is 9.45. The smallest absolute Gasteiger partial charge is 0.217 e. The molecular weight excluding hydrogens is 206 g/mol. The number of hydrogen-bond acceptors (Lipinski definition) is 3. The minimum absolute atomic E-state index is 0.0701. The fourth-order valence-corrected chi connectivity index (χ4v) is 1.65. The number of amides is 1. The third-order valence-corrected chi connectivity index (χ3v) is 2.39. The molecule has 0 bridgehead atoms. The van der Waals surface area contributed by atoms with Crippen molar-refractivity contribution in [2.75, 3.05) is 13.2 Å². The number of rotatable bonds is 1. The van der Waals surface area contributed by atoms with Crippen LogP contribution in [0.3, 0.4) is 0 Å². The Morgan fingerprint density at radius 2 is 2.00 bits per heavy atom. The maximum absolute atomic E-state index is 10.9. The van der Waals surface area contributed by atoms with E-state index in [2.05, 4.69) is 5.32 Å². The summed E-state index contributed by atoms with van der Waals surface area (Å²) in [5.74, 6) is 1.41. The Hall–Kier alpha value is -1.71. The first-order valence-corrected chi connectivity index (χ1v) is 5.28. The third kappa shape index (κ3) is 2.45. The van der Waals surface area contributed by atoms with Gasteiger partial charge < -0.3 is 14.8 Å². The number of carbonyl (C=O) groups is 1. The van der Waals surface area contributed by atoms with E-state index < -0.39 is 0 Å². The number of fused-ring (bicyclic) bond motifs is 1. The van der Waals surface area contributed by atoms with E-state index in [0.29, 0.717) is 13.2 Å². The van der Waals surface area contributed by atoms with Crippen molar-refractivity contribution in [3.63, 3.8) is 0 Å². The molecule has 0 radical (unpaired) electrons. The topological polar surface area (TPSA) is 47.6 Å². The fraction of sp³-hybridized carbons (Fsp3) is 0.417. The normalized spacial score (nSPS) is 18.8. The van der Waals surface area contributed by atoms with E-state index in [4.69, 9.17) is 9.47 Å². The van der Waals surface area contributed by atoms with Crippen LogP contribution in [0.5, 0.6) is 11.5 Å². The maximum atomic E-state index is 10.9. The Kier molecular flexibility index (Phi) is 2.99. The lowest BCUT2D eigenvalue weighted by Gasteiger charge is -2.13. The van der Waals surface area contributed by atoms with Gasteiger partial charge in [0.1, 0.15) is 13.2 Å². The van der Waals surface area contributed by atoms with Crippen molar-refractivity contribution in [2.45, 2.75) is 19.9 Å². The molecule has 1 heterocycles. The average Bonchev–Trinajstić information content (AvgIpc) is 2.40. The molecule has 0 aliphatic carbocycles. The van der Waals surface area contributed by atoms with Crippen LogP contribution in [0.25, 0.3) is 0 Å². The monoisotopic (exact) mass is 221 g/mol. The Labute approximate surface area is 94.6 Å². The first kappa shape index (κ1) is 10.8. The van der Waals surface area contributed by atoms with Gasteiger partial charge in [0.05, 0.1) is 6.04 Å². The quantitative estimate of drug-likeness (QED) is 0.777. The summed E-state index contributed by atoms with van der Waals surface area (Å²) in [4.78, 5) is 10.9. The Balaban J connectivity index is 2.09. The van der Waals surface area contributed by atoms with Gasteiger partial charge in [-0.2, -0.15) is 0 Å². The molecule has 86 valence electrons. The van der Waals surface area contributed by atoms with Gasteiger partial charge in [0.15, 0.2) is 11.5 Å². The van der Waals surface area contributed by atoms with Gasteiger partial charge >= 0.3 is 0 Å². The Bertz CT molecular complexity index is 403. The molecule has 1 N–H and O–H groups in total. The molecule has 1 aliphatic heterocycles. The minimum atomic E-state index is -0.0924. The van der Waals surface area contributed by atoms with Crippen LogP contribution >= 0.6 is 0 Å². The summed E-state index contributed by atoms with van der Waals surface area (Å²) in [5, 5.41) is 2.78. The molecular formula is C12H15NO3. The first-order valence-electron chi connectivity index (χ1n) is 5.28. The molecule has 1 aliphatic rings. The molecule has 1 unspecified atom stereocenters. The zero-order valence-corrected chi connectivity index (χ0v) is 9.45. The Morgan fingerprint density at radius 3 is 2.69 bits per heavy atom. The van der Waals surface area contributed by atoms with Crippen LogP contribution in [0.15, 0.2) is 18.2 Å².